The maximum Gasteiger partial charge on any atom is 0.149 e. The Hall–Kier alpha value is -3.32. The van der Waals surface area contributed by atoms with Crippen molar-refractivity contribution in [2.75, 3.05) is 0 Å². The van der Waals surface area contributed by atoms with Crippen molar-refractivity contribution in [2.45, 2.75) is 13.3 Å². The minimum atomic E-state index is 0.522. The van der Waals surface area contributed by atoms with Crippen molar-refractivity contribution in [3.63, 3.8) is 0 Å². The minimum Gasteiger partial charge on any atom is -0.360 e. The summed E-state index contributed by atoms with van der Waals surface area (Å²) in [5, 5.41) is 10.7. The Morgan fingerprint density at radius 2 is 2.08 bits per heavy atom. The van der Waals surface area contributed by atoms with Crippen LogP contribution >= 0.6 is 0 Å². The zero-order valence-corrected chi connectivity index (χ0v) is 13.3. The molecule has 0 radical (unpaired) electrons. The molecule has 4 heteroatoms. The van der Waals surface area contributed by atoms with Crippen LogP contribution in [0.5, 0.6) is 0 Å². The van der Waals surface area contributed by atoms with Gasteiger partial charge < -0.3 is 9.97 Å². The van der Waals surface area contributed by atoms with Gasteiger partial charge in [-0.05, 0) is 30.2 Å². The van der Waals surface area contributed by atoms with E-state index in [1.54, 1.807) is 0 Å². The van der Waals surface area contributed by atoms with Crippen molar-refractivity contribution < 1.29 is 0 Å². The van der Waals surface area contributed by atoms with E-state index in [1.165, 1.54) is 5.56 Å². The number of H-pyrrole nitrogens is 2. The Morgan fingerprint density at radius 1 is 1.21 bits per heavy atom. The van der Waals surface area contributed by atoms with Gasteiger partial charge in [0.15, 0.2) is 0 Å². The summed E-state index contributed by atoms with van der Waals surface area (Å²) < 4.78 is 0. The normalized spacial score (nSPS) is 11.9. The van der Waals surface area contributed by atoms with E-state index in [9.17, 15) is 5.26 Å². The van der Waals surface area contributed by atoms with E-state index in [0.717, 1.165) is 33.9 Å². The Morgan fingerprint density at radius 3 is 2.88 bits per heavy atom. The predicted molar refractivity (Wildman–Crippen MR) is 97.3 cm³/mol. The second-order valence-electron chi connectivity index (χ2n) is 5.71. The lowest BCUT2D eigenvalue weighted by Gasteiger charge is -1.99. The van der Waals surface area contributed by atoms with Crippen molar-refractivity contribution >= 4 is 33.6 Å². The van der Waals surface area contributed by atoms with Crippen LogP contribution in [0.25, 0.3) is 33.6 Å². The van der Waals surface area contributed by atoms with Crippen LogP contribution in [-0.4, -0.2) is 15.0 Å². The number of allylic oxidation sites excluding steroid dienone is 1. The van der Waals surface area contributed by atoms with E-state index in [0.29, 0.717) is 11.4 Å². The highest BCUT2D eigenvalue weighted by Crippen LogP contribution is 2.26. The van der Waals surface area contributed by atoms with Crippen LogP contribution in [0.2, 0.25) is 0 Å². The fourth-order valence-electron chi connectivity index (χ4n) is 3.04. The molecule has 2 heterocycles. The summed E-state index contributed by atoms with van der Waals surface area (Å²) in [6, 6.07) is 16.3. The number of aryl methyl sites for hydroxylation is 1. The van der Waals surface area contributed by atoms with Gasteiger partial charge in [-0.2, -0.15) is 5.26 Å². The van der Waals surface area contributed by atoms with Crippen LogP contribution in [0.4, 0.5) is 0 Å². The van der Waals surface area contributed by atoms with Crippen molar-refractivity contribution in [1.82, 2.24) is 15.0 Å². The number of aromatic amines is 2. The van der Waals surface area contributed by atoms with Crippen LogP contribution in [0.1, 0.15) is 23.9 Å². The number of benzene rings is 2. The van der Waals surface area contributed by atoms with E-state index in [4.69, 9.17) is 0 Å². The molecule has 4 nitrogen and oxygen atoms in total. The van der Waals surface area contributed by atoms with Gasteiger partial charge in [0.05, 0.1) is 16.6 Å². The summed E-state index contributed by atoms with van der Waals surface area (Å²) in [6.07, 6.45) is 4.80. The van der Waals surface area contributed by atoms with Gasteiger partial charge in [0.1, 0.15) is 11.9 Å². The van der Waals surface area contributed by atoms with Crippen molar-refractivity contribution in [2.24, 2.45) is 0 Å². The molecule has 2 N–H and O–H groups in total. The number of aromatic nitrogens is 3. The van der Waals surface area contributed by atoms with Gasteiger partial charge in [-0.1, -0.05) is 37.3 Å². The van der Waals surface area contributed by atoms with Crippen molar-refractivity contribution in [1.29, 1.82) is 5.26 Å². The first-order valence-electron chi connectivity index (χ1n) is 7.96. The standard InChI is InChI=1S/C20H16N4/c1-2-13-6-5-7-16-15(12-22-19(13)16)10-14(11-21)20-23-17-8-3-4-9-18(17)24-20/h3-10,12,22H,2H2,1H3,(H,23,24)/b14-10-. The molecule has 0 bridgehead atoms. The molecule has 0 aliphatic heterocycles. The molecule has 0 spiro atoms. The molecule has 0 aliphatic rings. The van der Waals surface area contributed by atoms with Crippen LogP contribution in [0, 0.1) is 11.3 Å². The van der Waals surface area contributed by atoms with E-state index in [-0.39, 0.29) is 0 Å². The maximum absolute atomic E-state index is 9.59. The first kappa shape index (κ1) is 14.3. The molecular formula is C20H16N4. The van der Waals surface area contributed by atoms with Crippen molar-refractivity contribution in [3.8, 4) is 6.07 Å². The van der Waals surface area contributed by atoms with Crippen LogP contribution < -0.4 is 0 Å². The summed E-state index contributed by atoms with van der Waals surface area (Å²) in [6.45, 7) is 2.14. The van der Waals surface area contributed by atoms with Gasteiger partial charge in [0.2, 0.25) is 0 Å². The second-order valence-corrected chi connectivity index (χ2v) is 5.71. The average Bonchev–Trinajstić information content (AvgIpc) is 3.23. The molecule has 0 unspecified atom stereocenters. The number of nitrogens with zero attached hydrogens (tertiary/aromatic N) is 2. The lowest BCUT2D eigenvalue weighted by atomic mass is 10.1. The first-order valence-corrected chi connectivity index (χ1v) is 7.96. The third-order valence-corrected chi connectivity index (χ3v) is 4.28. The number of para-hydroxylation sites is 3. The monoisotopic (exact) mass is 312 g/mol. The van der Waals surface area contributed by atoms with Crippen LogP contribution in [-0.2, 0) is 6.42 Å². The molecular weight excluding hydrogens is 296 g/mol. The lowest BCUT2D eigenvalue weighted by Crippen LogP contribution is -1.85. The van der Waals surface area contributed by atoms with E-state index >= 15 is 0 Å². The number of rotatable bonds is 3. The van der Waals surface area contributed by atoms with Gasteiger partial charge in [-0.3, -0.25) is 0 Å². The van der Waals surface area contributed by atoms with Gasteiger partial charge in [0, 0.05) is 22.7 Å². The van der Waals surface area contributed by atoms with E-state index < -0.39 is 0 Å². The molecule has 2 aromatic heterocycles. The third kappa shape index (κ3) is 2.27. The summed E-state index contributed by atoms with van der Waals surface area (Å²) in [4.78, 5) is 11.1. The highest BCUT2D eigenvalue weighted by molar-refractivity contribution is 5.98. The van der Waals surface area contributed by atoms with Crippen LogP contribution in [0.15, 0.2) is 48.7 Å². The number of imidazole rings is 1. The molecule has 0 saturated heterocycles. The zero-order chi connectivity index (χ0) is 16.5. The summed E-state index contributed by atoms with van der Waals surface area (Å²) in [5.74, 6) is 0.597. The number of nitriles is 1. The molecule has 0 amide bonds. The summed E-state index contributed by atoms with van der Waals surface area (Å²) in [7, 11) is 0. The molecule has 0 fully saturated rings. The lowest BCUT2D eigenvalue weighted by molar-refractivity contribution is 1.15. The Labute approximate surface area is 139 Å². The second kappa shape index (κ2) is 5.71. The topological polar surface area (TPSA) is 68.3 Å². The Kier molecular flexibility index (Phi) is 3.40. The number of hydrogen-bond donors (Lipinski definition) is 2. The van der Waals surface area contributed by atoms with E-state index in [2.05, 4.69) is 46.1 Å². The highest BCUT2D eigenvalue weighted by atomic mass is 14.9. The SMILES string of the molecule is CCc1cccc2c(/C=C(/C#N)c3nc4ccccc4[nH]3)c[nH]c12. The summed E-state index contributed by atoms with van der Waals surface area (Å²) in [5.41, 5.74) is 5.72. The maximum atomic E-state index is 9.59. The fourth-order valence-corrected chi connectivity index (χ4v) is 3.04. The molecule has 0 aliphatic carbocycles. The number of hydrogen-bond acceptors (Lipinski definition) is 2. The Bertz CT molecular complexity index is 1070. The average molecular weight is 312 g/mol. The summed E-state index contributed by atoms with van der Waals surface area (Å²) >= 11 is 0. The first-order chi connectivity index (χ1) is 11.8. The van der Waals surface area contributed by atoms with E-state index in [1.807, 2.05) is 36.5 Å². The van der Waals surface area contributed by atoms with Gasteiger partial charge in [-0.15, -0.1) is 0 Å². The Balaban J connectivity index is 1.85. The quantitative estimate of drug-likeness (QED) is 0.540. The molecule has 4 aromatic rings. The molecule has 24 heavy (non-hydrogen) atoms. The molecule has 0 saturated carbocycles. The zero-order valence-electron chi connectivity index (χ0n) is 13.3. The molecule has 116 valence electrons. The molecule has 4 rings (SSSR count). The molecule has 2 aromatic carbocycles. The minimum absolute atomic E-state index is 0.522. The largest absolute Gasteiger partial charge is 0.360 e. The molecule has 0 atom stereocenters. The van der Waals surface area contributed by atoms with Gasteiger partial charge in [0.25, 0.3) is 0 Å². The van der Waals surface area contributed by atoms with Crippen LogP contribution in [0.3, 0.4) is 0 Å². The number of fused-ring (bicyclic) bond motifs is 2. The fraction of sp³-hybridized carbons (Fsp3) is 0.100. The number of nitrogens with one attached hydrogen (secondary N) is 2. The smallest absolute Gasteiger partial charge is 0.149 e. The predicted octanol–water partition coefficient (Wildman–Crippen LogP) is 4.67. The van der Waals surface area contributed by atoms with Gasteiger partial charge in [-0.25, -0.2) is 4.98 Å². The highest BCUT2D eigenvalue weighted by Gasteiger charge is 2.10. The van der Waals surface area contributed by atoms with Gasteiger partial charge >= 0.3 is 0 Å². The third-order valence-electron chi connectivity index (χ3n) is 4.28. The van der Waals surface area contributed by atoms with Crippen molar-refractivity contribution in [3.05, 3.63) is 65.6 Å².